The highest BCUT2D eigenvalue weighted by Crippen LogP contribution is 2.56. The van der Waals surface area contributed by atoms with Crippen LogP contribution in [0.15, 0.2) is 194 Å². The predicted octanol–water partition coefficient (Wildman–Crippen LogP) is 15.7. The van der Waals surface area contributed by atoms with Gasteiger partial charge in [0.05, 0.1) is 16.7 Å². The Morgan fingerprint density at radius 1 is 0.383 bits per heavy atom. The Hall–Kier alpha value is -7.16. The molecule has 0 radical (unpaired) electrons. The first kappa shape index (κ1) is 34.8. The molecule has 12 rings (SSSR count). The van der Waals surface area contributed by atoms with Crippen LogP contribution in [0.3, 0.4) is 0 Å². The average Bonchev–Trinajstić information content (AvgIpc) is 3.83. The number of hydrogen-bond acceptors (Lipinski definition) is 1. The molecule has 0 unspecified atom stereocenters. The molecule has 1 heterocycles. The molecule has 10 aromatic rings. The molecular weight excluding hydrogens is 725 g/mol. The van der Waals surface area contributed by atoms with Crippen molar-refractivity contribution in [3.8, 4) is 39.1 Å². The number of hydrogen-bond donors (Lipinski definition) is 0. The molecule has 0 aliphatic heterocycles. The molecule has 0 saturated carbocycles. The zero-order valence-electron chi connectivity index (χ0n) is 34.4. The molecular formula is C58H44N2. The summed E-state index contributed by atoms with van der Waals surface area (Å²) >= 11 is 0. The molecule has 1 aromatic heterocycles. The maximum absolute atomic E-state index is 2.52. The van der Waals surface area contributed by atoms with Crippen LogP contribution >= 0.6 is 0 Å². The Balaban J connectivity index is 1.01. The smallest absolute Gasteiger partial charge is 0.0543 e. The Bertz CT molecular complexity index is 3320. The summed E-state index contributed by atoms with van der Waals surface area (Å²) in [6, 6.07) is 72.3. The van der Waals surface area contributed by atoms with Crippen molar-refractivity contribution in [2.45, 2.75) is 38.5 Å². The summed E-state index contributed by atoms with van der Waals surface area (Å²) in [5, 5.41) is 5.00. The summed E-state index contributed by atoms with van der Waals surface area (Å²) in [6.07, 6.45) is 0. The molecule has 9 aromatic carbocycles. The molecule has 0 fully saturated rings. The van der Waals surface area contributed by atoms with Gasteiger partial charge >= 0.3 is 0 Å². The van der Waals surface area contributed by atoms with Crippen molar-refractivity contribution in [3.63, 3.8) is 0 Å². The molecule has 2 heteroatoms. The maximum Gasteiger partial charge on any atom is 0.0543 e. The van der Waals surface area contributed by atoms with E-state index in [4.69, 9.17) is 0 Å². The second-order valence-electron chi connectivity index (χ2n) is 17.7. The molecule has 2 aliphatic rings. The maximum atomic E-state index is 2.52. The molecule has 0 amide bonds. The average molecular weight is 769 g/mol. The van der Waals surface area contributed by atoms with Crippen LogP contribution in [-0.4, -0.2) is 4.57 Å². The molecule has 60 heavy (non-hydrogen) atoms. The van der Waals surface area contributed by atoms with E-state index in [1.54, 1.807) is 0 Å². The highest BCUT2D eigenvalue weighted by molar-refractivity contribution is 6.09. The summed E-state index contributed by atoms with van der Waals surface area (Å²) < 4.78 is 2.39. The van der Waals surface area contributed by atoms with E-state index in [9.17, 15) is 0 Å². The first-order chi connectivity index (χ1) is 29.3. The largest absolute Gasteiger partial charge is 0.310 e. The fraction of sp³-hybridized carbons (Fsp3) is 0.103. The van der Waals surface area contributed by atoms with E-state index < -0.39 is 0 Å². The van der Waals surface area contributed by atoms with Crippen LogP contribution in [0.4, 0.5) is 17.1 Å². The summed E-state index contributed by atoms with van der Waals surface area (Å²) in [6.45, 7) is 9.48. The number of para-hydroxylation sites is 2. The third-order valence-corrected chi connectivity index (χ3v) is 13.8. The van der Waals surface area contributed by atoms with Crippen molar-refractivity contribution >= 4 is 49.6 Å². The normalized spacial score (nSPS) is 14.3. The zero-order chi connectivity index (χ0) is 40.3. The first-order valence-corrected chi connectivity index (χ1v) is 21.2. The molecule has 0 spiro atoms. The van der Waals surface area contributed by atoms with Gasteiger partial charge in [-0.3, -0.25) is 0 Å². The Morgan fingerprint density at radius 3 is 1.68 bits per heavy atom. The summed E-state index contributed by atoms with van der Waals surface area (Å²) in [7, 11) is 0. The lowest BCUT2D eigenvalue weighted by atomic mass is 9.82. The van der Waals surface area contributed by atoms with Crippen LogP contribution in [0.5, 0.6) is 0 Å². The van der Waals surface area contributed by atoms with Gasteiger partial charge in [-0.1, -0.05) is 167 Å². The quantitative estimate of drug-likeness (QED) is 0.169. The lowest BCUT2D eigenvalue weighted by molar-refractivity contribution is 0.660. The fourth-order valence-corrected chi connectivity index (χ4v) is 10.8. The van der Waals surface area contributed by atoms with Gasteiger partial charge < -0.3 is 9.47 Å². The van der Waals surface area contributed by atoms with Gasteiger partial charge in [0.2, 0.25) is 0 Å². The van der Waals surface area contributed by atoms with E-state index in [1.165, 1.54) is 99.6 Å². The van der Waals surface area contributed by atoms with E-state index >= 15 is 0 Å². The minimum Gasteiger partial charge on any atom is -0.310 e. The third-order valence-electron chi connectivity index (χ3n) is 13.8. The first-order valence-electron chi connectivity index (χ1n) is 21.2. The molecule has 286 valence electrons. The van der Waals surface area contributed by atoms with Crippen molar-refractivity contribution in [1.29, 1.82) is 0 Å². The minimum atomic E-state index is -0.115. The molecule has 0 N–H and O–H groups in total. The molecule has 2 aliphatic carbocycles. The standard InChI is InChI=1S/C58H44N2/c1-57(2)50-22-10-6-19-48(50)56-51(57)23-14-26-55(56)59(41-32-34-45-44-16-5-9-21-49(44)58(3,4)52(45)36-41)40-31-33-43-38(35-40)15-13-20-42(43)37-27-29-39(30-28-37)60-53-24-11-7-17-46(53)47-18-8-12-25-54(47)60/h5-36H,1-4H3. The molecule has 0 atom stereocenters. The van der Waals surface area contributed by atoms with E-state index in [-0.39, 0.29) is 10.8 Å². The van der Waals surface area contributed by atoms with E-state index in [1.807, 2.05) is 0 Å². The summed E-state index contributed by atoms with van der Waals surface area (Å²) in [5.41, 5.74) is 20.1. The van der Waals surface area contributed by atoms with Crippen LogP contribution in [0.25, 0.3) is 71.6 Å². The number of anilines is 3. The van der Waals surface area contributed by atoms with Gasteiger partial charge in [-0.05, 0) is 115 Å². The number of rotatable bonds is 5. The molecule has 0 bridgehead atoms. The topological polar surface area (TPSA) is 8.17 Å². The number of benzene rings is 9. The van der Waals surface area contributed by atoms with Crippen molar-refractivity contribution in [2.24, 2.45) is 0 Å². The Labute approximate surface area is 351 Å². The third kappa shape index (κ3) is 4.88. The highest BCUT2D eigenvalue weighted by Gasteiger charge is 2.39. The van der Waals surface area contributed by atoms with Crippen LogP contribution in [0.2, 0.25) is 0 Å². The Kier molecular flexibility index (Phi) is 7.36. The van der Waals surface area contributed by atoms with Crippen LogP contribution in [0, 0.1) is 0 Å². The second kappa shape index (κ2) is 12.7. The van der Waals surface area contributed by atoms with Crippen LogP contribution < -0.4 is 4.90 Å². The summed E-state index contributed by atoms with van der Waals surface area (Å²) in [4.78, 5) is 2.52. The van der Waals surface area contributed by atoms with Crippen molar-refractivity contribution in [1.82, 2.24) is 4.57 Å². The van der Waals surface area contributed by atoms with E-state index in [0.717, 1.165) is 11.4 Å². The van der Waals surface area contributed by atoms with Gasteiger partial charge in [0.25, 0.3) is 0 Å². The Morgan fingerprint density at radius 2 is 0.933 bits per heavy atom. The van der Waals surface area contributed by atoms with Gasteiger partial charge in [-0.2, -0.15) is 0 Å². The lowest BCUT2D eigenvalue weighted by Crippen LogP contribution is -2.17. The number of fused-ring (bicyclic) bond motifs is 10. The highest BCUT2D eigenvalue weighted by atomic mass is 15.1. The van der Waals surface area contributed by atoms with E-state index in [2.05, 4.69) is 231 Å². The minimum absolute atomic E-state index is 0.107. The van der Waals surface area contributed by atoms with Crippen molar-refractivity contribution in [2.75, 3.05) is 4.90 Å². The monoisotopic (exact) mass is 768 g/mol. The van der Waals surface area contributed by atoms with Gasteiger partial charge in [0, 0.05) is 44.2 Å². The van der Waals surface area contributed by atoms with E-state index in [0.29, 0.717) is 0 Å². The van der Waals surface area contributed by atoms with Gasteiger partial charge in [0.15, 0.2) is 0 Å². The van der Waals surface area contributed by atoms with Crippen molar-refractivity contribution < 1.29 is 0 Å². The van der Waals surface area contributed by atoms with Crippen LogP contribution in [-0.2, 0) is 10.8 Å². The van der Waals surface area contributed by atoms with Crippen molar-refractivity contribution in [3.05, 3.63) is 216 Å². The van der Waals surface area contributed by atoms with Gasteiger partial charge in [0.1, 0.15) is 0 Å². The van der Waals surface area contributed by atoms with Gasteiger partial charge in [-0.15, -0.1) is 0 Å². The SMILES string of the molecule is CC1(C)c2ccccc2-c2ccc(N(c3ccc4c(-c5ccc(-n6c7ccccc7c7ccccc76)cc5)cccc4c3)c3cccc4c3-c3ccccc3C4(C)C)cc21. The van der Waals surface area contributed by atoms with Gasteiger partial charge in [-0.25, -0.2) is 0 Å². The fourth-order valence-electron chi connectivity index (χ4n) is 10.8. The summed E-state index contributed by atoms with van der Waals surface area (Å²) in [5.74, 6) is 0. The number of nitrogens with zero attached hydrogens (tertiary/aromatic N) is 2. The van der Waals surface area contributed by atoms with Crippen LogP contribution in [0.1, 0.15) is 49.9 Å². The zero-order valence-corrected chi connectivity index (χ0v) is 34.4. The lowest BCUT2D eigenvalue weighted by Gasteiger charge is -2.30. The predicted molar refractivity (Wildman–Crippen MR) is 254 cm³/mol. The number of aromatic nitrogens is 1. The molecule has 0 saturated heterocycles. The second-order valence-corrected chi connectivity index (χ2v) is 17.7. The molecule has 2 nitrogen and oxygen atoms in total.